The highest BCUT2D eigenvalue weighted by atomic mass is 35.5. The number of hydrogen-bond donors (Lipinski definition) is 4. The lowest BCUT2D eigenvalue weighted by molar-refractivity contribution is -0.133. The van der Waals surface area contributed by atoms with Crippen LogP contribution < -0.4 is 15.9 Å². The fourth-order valence-electron chi connectivity index (χ4n) is 4.59. The van der Waals surface area contributed by atoms with Crippen molar-refractivity contribution in [2.75, 3.05) is 45.9 Å². The van der Waals surface area contributed by atoms with E-state index < -0.39 is 5.41 Å². The van der Waals surface area contributed by atoms with E-state index in [1.807, 2.05) is 30.3 Å². The maximum atomic E-state index is 12.8. The van der Waals surface area contributed by atoms with E-state index in [9.17, 15) is 14.7 Å². The minimum atomic E-state index is -0.782. The van der Waals surface area contributed by atoms with Crippen molar-refractivity contribution in [1.82, 2.24) is 15.2 Å². The number of ether oxygens (including phenoxy) is 1. The zero-order valence-electron chi connectivity index (χ0n) is 22.2. The van der Waals surface area contributed by atoms with Crippen molar-refractivity contribution in [2.24, 2.45) is 11.1 Å². The van der Waals surface area contributed by atoms with Crippen LogP contribution in [0.25, 0.3) is 10.2 Å². The molecule has 3 rings (SSSR count). The second-order valence-electron chi connectivity index (χ2n) is 9.57. The number of carbonyl (C=O) groups excluding carboxylic acids is 1. The molecule has 5 N–H and O–H groups in total. The van der Waals surface area contributed by atoms with E-state index in [0.29, 0.717) is 55.9 Å². The van der Waals surface area contributed by atoms with E-state index in [1.54, 1.807) is 6.07 Å². The highest BCUT2D eigenvalue weighted by molar-refractivity contribution is 7.16. The molecule has 10 heteroatoms. The van der Waals surface area contributed by atoms with E-state index in [-0.39, 0.29) is 23.1 Å². The number of phenolic OH excluding ortho intramolecular Hbond substituents is 1. The van der Waals surface area contributed by atoms with Gasteiger partial charge in [0.05, 0.1) is 23.3 Å². The fraction of sp³-hybridized carbons (Fsp3) is 0.500. The van der Waals surface area contributed by atoms with E-state index in [1.165, 1.54) is 0 Å². The number of phenols is 1. The van der Waals surface area contributed by atoms with Gasteiger partial charge in [0.2, 0.25) is 5.91 Å². The van der Waals surface area contributed by atoms with E-state index >= 15 is 0 Å². The number of H-pyrrole nitrogens is 1. The van der Waals surface area contributed by atoms with E-state index in [2.05, 4.69) is 29.0 Å². The van der Waals surface area contributed by atoms with Gasteiger partial charge in [-0.05, 0) is 87.7 Å². The summed E-state index contributed by atoms with van der Waals surface area (Å²) >= 11 is 7.19. The number of fused-ring (bicyclic) bond motifs is 1. The number of thiazole rings is 1. The number of primary amides is 1. The summed E-state index contributed by atoms with van der Waals surface area (Å²) in [5.41, 5.74) is 7.77. The van der Waals surface area contributed by atoms with Gasteiger partial charge in [0.25, 0.3) is 0 Å². The van der Waals surface area contributed by atoms with Gasteiger partial charge in [-0.2, -0.15) is 0 Å². The minimum Gasteiger partial charge on any atom is -0.506 e. The molecule has 1 amide bonds. The van der Waals surface area contributed by atoms with Crippen molar-refractivity contribution < 1.29 is 14.6 Å². The maximum Gasteiger partial charge on any atom is 0.305 e. The molecular weight excluding hydrogens is 524 g/mol. The van der Waals surface area contributed by atoms with Crippen molar-refractivity contribution in [2.45, 2.75) is 39.5 Å². The van der Waals surface area contributed by atoms with Gasteiger partial charge in [-0.3, -0.25) is 9.59 Å². The first kappa shape index (κ1) is 30.1. The van der Waals surface area contributed by atoms with Crippen molar-refractivity contribution in [1.29, 1.82) is 0 Å². The van der Waals surface area contributed by atoms with Crippen LogP contribution in [-0.2, 0) is 22.4 Å². The smallest absolute Gasteiger partial charge is 0.305 e. The number of nitrogens with zero attached hydrogens (tertiary/aromatic N) is 1. The lowest BCUT2D eigenvalue weighted by Crippen LogP contribution is -2.45. The summed E-state index contributed by atoms with van der Waals surface area (Å²) in [7, 11) is 0. The number of carbonyl (C=O) groups is 1. The molecule has 1 aromatic heterocycles. The van der Waals surface area contributed by atoms with Crippen molar-refractivity contribution in [3.63, 3.8) is 0 Å². The van der Waals surface area contributed by atoms with Gasteiger partial charge in [-0.1, -0.05) is 55.0 Å². The Morgan fingerprint density at radius 3 is 2.68 bits per heavy atom. The standard InChI is InChI=1S/C28H39ClN4O4S/c1-3-33(4-2)16-13-28(26(30)35,19-37-17-11-20-6-5-7-22(29)18-20)12-15-31-14-10-21-8-9-23(34)24-25(21)38-27(36)32-24/h5-9,18,31,34H,3-4,10-17,19H2,1-2H3,(H2,30,35)(H,32,36). The van der Waals surface area contributed by atoms with Gasteiger partial charge < -0.3 is 30.8 Å². The highest BCUT2D eigenvalue weighted by Crippen LogP contribution is 2.29. The summed E-state index contributed by atoms with van der Waals surface area (Å²) in [5.74, 6) is -0.267. The second-order valence-corrected chi connectivity index (χ2v) is 11.0. The Morgan fingerprint density at radius 2 is 1.97 bits per heavy atom. The van der Waals surface area contributed by atoms with Crippen LogP contribution in [0.3, 0.4) is 0 Å². The van der Waals surface area contributed by atoms with Crippen LogP contribution in [0.5, 0.6) is 5.75 Å². The molecule has 1 heterocycles. The van der Waals surface area contributed by atoms with Gasteiger partial charge in [0.1, 0.15) is 11.3 Å². The lowest BCUT2D eigenvalue weighted by atomic mass is 9.80. The fourth-order valence-corrected chi connectivity index (χ4v) is 5.70. The molecule has 0 spiro atoms. The highest BCUT2D eigenvalue weighted by Gasteiger charge is 2.36. The van der Waals surface area contributed by atoms with Crippen LogP contribution >= 0.6 is 22.9 Å². The predicted molar refractivity (Wildman–Crippen MR) is 155 cm³/mol. The van der Waals surface area contributed by atoms with Crippen LogP contribution in [-0.4, -0.2) is 66.8 Å². The van der Waals surface area contributed by atoms with Gasteiger partial charge in [0, 0.05) is 5.02 Å². The van der Waals surface area contributed by atoms with Crippen LogP contribution in [0.2, 0.25) is 5.02 Å². The predicted octanol–water partition coefficient (Wildman–Crippen LogP) is 3.93. The molecule has 208 valence electrons. The number of rotatable bonds is 17. The number of benzene rings is 2. The molecule has 0 aliphatic carbocycles. The van der Waals surface area contributed by atoms with Crippen molar-refractivity contribution >= 4 is 39.1 Å². The van der Waals surface area contributed by atoms with Crippen LogP contribution in [0.4, 0.5) is 0 Å². The molecule has 0 bridgehead atoms. The number of amides is 1. The lowest BCUT2D eigenvalue weighted by Gasteiger charge is -2.33. The Labute approximate surface area is 233 Å². The summed E-state index contributed by atoms with van der Waals surface area (Å²) in [6.45, 7) is 8.81. The molecule has 2 aromatic carbocycles. The number of hydrogen-bond acceptors (Lipinski definition) is 7. The topological polar surface area (TPSA) is 121 Å². The number of nitrogens with two attached hydrogens (primary N) is 1. The van der Waals surface area contributed by atoms with Crippen molar-refractivity contribution in [3.8, 4) is 5.75 Å². The van der Waals surface area contributed by atoms with E-state index in [0.717, 1.165) is 46.8 Å². The first-order valence-corrected chi connectivity index (χ1v) is 14.4. The Kier molecular flexibility index (Phi) is 11.6. The summed E-state index contributed by atoms with van der Waals surface area (Å²) in [5, 5.41) is 14.1. The quantitative estimate of drug-likeness (QED) is 0.185. The van der Waals surface area contributed by atoms with Crippen LogP contribution in [0.1, 0.15) is 37.8 Å². The first-order chi connectivity index (χ1) is 18.3. The summed E-state index contributed by atoms with van der Waals surface area (Å²) in [6, 6.07) is 11.1. The maximum absolute atomic E-state index is 12.8. The Morgan fingerprint density at radius 1 is 1.18 bits per heavy atom. The molecule has 0 fully saturated rings. The molecular formula is C28H39ClN4O4S. The molecule has 0 aliphatic heterocycles. The van der Waals surface area contributed by atoms with Crippen LogP contribution in [0, 0.1) is 5.41 Å². The third-order valence-electron chi connectivity index (χ3n) is 7.12. The Bertz CT molecular complexity index is 1240. The zero-order valence-corrected chi connectivity index (χ0v) is 23.8. The van der Waals surface area contributed by atoms with Gasteiger partial charge in [-0.15, -0.1) is 0 Å². The van der Waals surface area contributed by atoms with Crippen molar-refractivity contribution in [3.05, 3.63) is 62.2 Å². The second kappa shape index (κ2) is 14.6. The third-order valence-corrected chi connectivity index (χ3v) is 8.31. The van der Waals surface area contributed by atoms with Crippen LogP contribution in [0.15, 0.2) is 41.2 Å². The molecule has 1 unspecified atom stereocenters. The zero-order chi connectivity index (χ0) is 27.5. The largest absolute Gasteiger partial charge is 0.506 e. The minimum absolute atomic E-state index is 0.0739. The van der Waals surface area contributed by atoms with Gasteiger partial charge >= 0.3 is 4.87 Å². The monoisotopic (exact) mass is 562 g/mol. The molecule has 1 atom stereocenters. The molecule has 3 aromatic rings. The first-order valence-electron chi connectivity index (χ1n) is 13.2. The van der Waals surface area contributed by atoms with Gasteiger partial charge in [0.15, 0.2) is 0 Å². The summed E-state index contributed by atoms with van der Waals surface area (Å²) in [4.78, 5) is 29.4. The number of halogens is 1. The molecule has 38 heavy (non-hydrogen) atoms. The summed E-state index contributed by atoms with van der Waals surface area (Å²) < 4.78 is 6.82. The molecule has 8 nitrogen and oxygen atoms in total. The third kappa shape index (κ3) is 8.28. The number of aromatic nitrogens is 1. The van der Waals surface area contributed by atoms with Gasteiger partial charge in [-0.25, -0.2) is 0 Å². The number of nitrogens with one attached hydrogen (secondary N) is 2. The molecule has 0 radical (unpaired) electrons. The Balaban J connectivity index is 1.58. The molecule has 0 aliphatic rings. The molecule has 0 saturated heterocycles. The van der Waals surface area contributed by atoms with E-state index in [4.69, 9.17) is 22.1 Å². The SMILES string of the molecule is CCN(CC)CCC(CCNCCc1ccc(O)c2[nH]c(=O)sc12)(COCCc1cccc(Cl)c1)C(N)=O. The average Bonchev–Trinajstić information content (AvgIpc) is 3.30. The normalized spacial score (nSPS) is 13.3. The average molecular weight is 563 g/mol. The summed E-state index contributed by atoms with van der Waals surface area (Å²) in [6.07, 6.45) is 2.57. The number of aromatic amines is 1. The molecule has 0 saturated carbocycles. The Hall–Kier alpha value is -2.43. The number of aromatic hydroxyl groups is 1.